The van der Waals surface area contributed by atoms with Crippen LogP contribution in [0.5, 0.6) is 0 Å². The first-order valence-corrected chi connectivity index (χ1v) is 16.7. The van der Waals surface area contributed by atoms with Gasteiger partial charge in [0.1, 0.15) is 0 Å². The monoisotopic (exact) mass is 650 g/mol. The number of tetrazole rings is 1. The fourth-order valence-corrected chi connectivity index (χ4v) is 7.02. The van der Waals surface area contributed by atoms with Gasteiger partial charge in [-0.3, -0.25) is 9.78 Å². The second-order valence-corrected chi connectivity index (χ2v) is 12.5. The van der Waals surface area contributed by atoms with E-state index in [-0.39, 0.29) is 5.56 Å². The average Bonchev–Trinajstić information content (AvgIpc) is 3.65. The summed E-state index contributed by atoms with van der Waals surface area (Å²) in [6.07, 6.45) is 0. The van der Waals surface area contributed by atoms with Gasteiger partial charge in [-0.05, 0) is 64.6 Å². The third-order valence-electron chi connectivity index (χ3n) is 9.37. The Morgan fingerprint density at radius 3 is 1.78 bits per heavy atom. The first-order valence-electron chi connectivity index (χ1n) is 16.7. The van der Waals surface area contributed by atoms with Crippen molar-refractivity contribution in [1.29, 1.82) is 0 Å². The summed E-state index contributed by atoms with van der Waals surface area (Å²) in [4.78, 5) is 19.4. The highest BCUT2D eigenvalue weighted by molar-refractivity contribution is 5.82. The van der Waals surface area contributed by atoms with Crippen LogP contribution < -0.4 is 5.56 Å². The number of aromatic nitrogens is 6. The molecular formula is C43H34N6O. The van der Waals surface area contributed by atoms with Crippen LogP contribution in [0.25, 0.3) is 33.4 Å². The second-order valence-electron chi connectivity index (χ2n) is 12.5. The van der Waals surface area contributed by atoms with Gasteiger partial charge >= 0.3 is 0 Å². The van der Waals surface area contributed by atoms with E-state index >= 15 is 0 Å². The third kappa shape index (κ3) is 5.39. The molecule has 0 aliphatic rings. The quantitative estimate of drug-likeness (QED) is 0.155. The molecule has 8 rings (SSSR count). The highest BCUT2D eigenvalue weighted by Gasteiger charge is 2.41. The van der Waals surface area contributed by atoms with E-state index in [9.17, 15) is 4.79 Å². The number of pyridine rings is 2. The molecule has 7 heteroatoms. The summed E-state index contributed by atoms with van der Waals surface area (Å²) >= 11 is 0. The minimum absolute atomic E-state index is 0.0383. The fraction of sp³-hybridized carbons (Fsp3) is 0.0930. The molecule has 242 valence electrons. The highest BCUT2D eigenvalue weighted by atomic mass is 16.1. The van der Waals surface area contributed by atoms with Crippen molar-refractivity contribution < 1.29 is 0 Å². The lowest BCUT2D eigenvalue weighted by molar-refractivity contribution is 0.396. The van der Waals surface area contributed by atoms with Crippen LogP contribution in [-0.2, 0) is 12.1 Å². The van der Waals surface area contributed by atoms with E-state index in [0.717, 1.165) is 61.2 Å². The van der Waals surface area contributed by atoms with E-state index in [1.807, 2.05) is 103 Å². The molecular weight excluding hydrogens is 617 g/mol. The van der Waals surface area contributed by atoms with Gasteiger partial charge in [-0.25, -0.2) is 0 Å². The Labute approximate surface area is 290 Å². The van der Waals surface area contributed by atoms with E-state index in [1.165, 1.54) is 0 Å². The maximum atomic E-state index is 13.0. The first kappa shape index (κ1) is 30.8. The minimum atomic E-state index is -0.863. The standard InChI is InChI=1S/C43H34N6O/c1-30-28-40-37(31(2)44-30)26-27-41(50)48(40)29-32-22-24-33(25-23-32)38-20-12-13-21-39(38)42-45-47-49(46-42)43(34-14-6-3-7-15-34,35-16-8-4-9-17-35)36-18-10-5-11-19-36/h3-28H,29H2,1-2H3. The molecule has 0 aliphatic carbocycles. The Morgan fingerprint density at radius 2 is 1.18 bits per heavy atom. The van der Waals surface area contributed by atoms with Gasteiger partial charge < -0.3 is 4.57 Å². The normalized spacial score (nSPS) is 11.6. The molecule has 0 unspecified atom stereocenters. The molecule has 8 aromatic rings. The lowest BCUT2D eigenvalue weighted by Gasteiger charge is -2.34. The number of nitrogens with zero attached hydrogens (tertiary/aromatic N) is 6. The van der Waals surface area contributed by atoms with Gasteiger partial charge in [-0.15, -0.1) is 15.0 Å². The number of fused-ring (bicyclic) bond motifs is 1. The molecule has 5 aromatic carbocycles. The summed E-state index contributed by atoms with van der Waals surface area (Å²) in [5, 5.41) is 15.6. The van der Waals surface area contributed by atoms with Gasteiger partial charge in [0.05, 0.1) is 12.1 Å². The lowest BCUT2D eigenvalue weighted by Crippen LogP contribution is -2.39. The summed E-state index contributed by atoms with van der Waals surface area (Å²) < 4.78 is 1.82. The van der Waals surface area contributed by atoms with Gasteiger partial charge in [0.25, 0.3) is 5.56 Å². The van der Waals surface area contributed by atoms with Crippen molar-refractivity contribution in [3.63, 3.8) is 0 Å². The van der Waals surface area contributed by atoms with Crippen molar-refractivity contribution in [2.24, 2.45) is 0 Å². The SMILES string of the molecule is Cc1cc2c(ccc(=O)n2Cc2ccc(-c3ccccc3-c3nnn(C(c4ccccc4)(c4ccccc4)c4ccccc4)n3)cc2)c(C)n1. The first-order chi connectivity index (χ1) is 24.5. The molecule has 0 fully saturated rings. The van der Waals surface area contributed by atoms with Crippen LogP contribution in [0, 0.1) is 13.8 Å². The van der Waals surface area contributed by atoms with E-state index in [1.54, 1.807) is 10.9 Å². The molecule has 0 N–H and O–H groups in total. The van der Waals surface area contributed by atoms with Crippen molar-refractivity contribution in [1.82, 2.24) is 29.8 Å². The molecule has 0 spiro atoms. The molecule has 0 amide bonds. The zero-order valence-corrected chi connectivity index (χ0v) is 27.8. The van der Waals surface area contributed by atoms with Crippen LogP contribution in [0.3, 0.4) is 0 Å². The van der Waals surface area contributed by atoms with E-state index in [0.29, 0.717) is 12.4 Å². The van der Waals surface area contributed by atoms with Gasteiger partial charge in [-0.1, -0.05) is 140 Å². The molecule has 7 nitrogen and oxygen atoms in total. The Hall–Kier alpha value is -6.47. The van der Waals surface area contributed by atoms with Gasteiger partial charge in [0.2, 0.25) is 5.82 Å². The molecule has 0 aliphatic heterocycles. The molecule has 3 heterocycles. The van der Waals surface area contributed by atoms with Gasteiger partial charge in [-0.2, -0.15) is 0 Å². The predicted molar refractivity (Wildman–Crippen MR) is 198 cm³/mol. The fourth-order valence-electron chi connectivity index (χ4n) is 7.02. The topological polar surface area (TPSA) is 78.5 Å². The number of hydrogen-bond donors (Lipinski definition) is 0. The van der Waals surface area contributed by atoms with Crippen molar-refractivity contribution in [3.05, 3.63) is 202 Å². The number of rotatable bonds is 8. The molecule has 50 heavy (non-hydrogen) atoms. The zero-order valence-electron chi connectivity index (χ0n) is 27.8. The summed E-state index contributed by atoms with van der Waals surface area (Å²) in [5.41, 5.74) is 8.77. The molecule has 0 saturated carbocycles. The summed E-state index contributed by atoms with van der Waals surface area (Å²) in [5.74, 6) is 0.526. The molecule has 3 aromatic heterocycles. The predicted octanol–water partition coefficient (Wildman–Crippen LogP) is 8.22. The Kier molecular flexibility index (Phi) is 7.93. The van der Waals surface area contributed by atoms with Gasteiger partial charge in [0.15, 0.2) is 5.54 Å². The van der Waals surface area contributed by atoms with Crippen LogP contribution in [0.4, 0.5) is 0 Å². The molecule has 0 radical (unpaired) electrons. The number of aryl methyl sites for hydroxylation is 2. The van der Waals surface area contributed by atoms with Crippen LogP contribution in [0.15, 0.2) is 163 Å². The maximum absolute atomic E-state index is 13.0. The van der Waals surface area contributed by atoms with Gasteiger partial charge in [0, 0.05) is 28.4 Å². The smallest absolute Gasteiger partial charge is 0.251 e. The second kappa shape index (κ2) is 12.9. The zero-order chi connectivity index (χ0) is 34.1. The Morgan fingerprint density at radius 1 is 0.620 bits per heavy atom. The van der Waals surface area contributed by atoms with Crippen molar-refractivity contribution >= 4 is 10.9 Å². The van der Waals surface area contributed by atoms with Crippen molar-refractivity contribution in [3.8, 4) is 22.5 Å². The largest absolute Gasteiger partial charge is 0.304 e. The van der Waals surface area contributed by atoms with Crippen LogP contribution in [0.1, 0.15) is 33.6 Å². The Bertz CT molecular complexity index is 2390. The average molecular weight is 651 g/mol. The lowest BCUT2D eigenvalue weighted by atomic mass is 9.77. The summed E-state index contributed by atoms with van der Waals surface area (Å²) in [6, 6.07) is 53.0. The Balaban J connectivity index is 1.20. The number of hydrogen-bond acceptors (Lipinski definition) is 5. The summed E-state index contributed by atoms with van der Waals surface area (Å²) in [7, 11) is 0. The summed E-state index contributed by atoms with van der Waals surface area (Å²) in [6.45, 7) is 4.39. The molecule has 0 atom stereocenters. The van der Waals surface area contributed by atoms with E-state index in [4.69, 9.17) is 15.4 Å². The van der Waals surface area contributed by atoms with Crippen LogP contribution >= 0.6 is 0 Å². The maximum Gasteiger partial charge on any atom is 0.251 e. The molecule has 0 saturated heterocycles. The van der Waals surface area contributed by atoms with Crippen molar-refractivity contribution in [2.45, 2.75) is 25.9 Å². The van der Waals surface area contributed by atoms with Crippen molar-refractivity contribution in [2.75, 3.05) is 0 Å². The minimum Gasteiger partial charge on any atom is -0.304 e. The third-order valence-corrected chi connectivity index (χ3v) is 9.37. The van der Waals surface area contributed by atoms with Crippen LogP contribution in [-0.4, -0.2) is 29.8 Å². The van der Waals surface area contributed by atoms with E-state index in [2.05, 4.69) is 71.7 Å². The molecule has 0 bridgehead atoms. The van der Waals surface area contributed by atoms with E-state index < -0.39 is 5.54 Å². The highest BCUT2D eigenvalue weighted by Crippen LogP contribution is 2.40. The van der Waals surface area contributed by atoms with Crippen LogP contribution in [0.2, 0.25) is 0 Å². The number of benzene rings is 5.